The van der Waals surface area contributed by atoms with Crippen molar-refractivity contribution in [3.63, 3.8) is 0 Å². The zero-order chi connectivity index (χ0) is 13.9. The van der Waals surface area contributed by atoms with Gasteiger partial charge in [-0.3, -0.25) is 0 Å². The number of fused-ring (bicyclic) bond motifs is 1. The van der Waals surface area contributed by atoms with Gasteiger partial charge >= 0.3 is 0 Å². The molecule has 20 heavy (non-hydrogen) atoms. The highest BCUT2D eigenvalue weighted by Gasteiger charge is 2.12. The van der Waals surface area contributed by atoms with Crippen molar-refractivity contribution in [2.75, 3.05) is 18.5 Å². The molecule has 3 rings (SSSR count). The van der Waals surface area contributed by atoms with Gasteiger partial charge in [-0.25, -0.2) is 0 Å². The standard InChI is InChI=1S/C16H14N2O2/c1-11-2-3-12(10-17)14(8-11)18-13-4-5-15-16(9-13)20-7-6-19-15/h2-5,8-9,18H,6-7H2,1H3. The summed E-state index contributed by atoms with van der Waals surface area (Å²) in [4.78, 5) is 0. The van der Waals surface area contributed by atoms with E-state index in [1.54, 1.807) is 0 Å². The molecule has 0 saturated carbocycles. The number of nitrogens with one attached hydrogen (secondary N) is 1. The van der Waals surface area contributed by atoms with Crippen LogP contribution in [-0.4, -0.2) is 13.2 Å². The van der Waals surface area contributed by atoms with Crippen LogP contribution in [0.5, 0.6) is 11.5 Å². The van der Waals surface area contributed by atoms with Crippen molar-refractivity contribution >= 4 is 11.4 Å². The Balaban J connectivity index is 1.92. The maximum atomic E-state index is 9.14. The van der Waals surface area contributed by atoms with Gasteiger partial charge in [-0.05, 0) is 36.8 Å². The molecule has 4 nitrogen and oxygen atoms in total. The Morgan fingerprint density at radius 3 is 2.65 bits per heavy atom. The number of hydrogen-bond acceptors (Lipinski definition) is 4. The van der Waals surface area contributed by atoms with Crippen molar-refractivity contribution < 1.29 is 9.47 Å². The van der Waals surface area contributed by atoms with Gasteiger partial charge in [-0.1, -0.05) is 6.07 Å². The lowest BCUT2D eigenvalue weighted by molar-refractivity contribution is 0.171. The molecule has 1 N–H and O–H groups in total. The summed E-state index contributed by atoms with van der Waals surface area (Å²) in [7, 11) is 0. The van der Waals surface area contributed by atoms with E-state index in [-0.39, 0.29) is 0 Å². The maximum Gasteiger partial charge on any atom is 0.163 e. The Bertz CT molecular complexity index is 689. The Labute approximate surface area is 117 Å². The molecule has 0 bridgehead atoms. The van der Waals surface area contributed by atoms with Gasteiger partial charge in [0.25, 0.3) is 0 Å². The van der Waals surface area contributed by atoms with Gasteiger partial charge < -0.3 is 14.8 Å². The van der Waals surface area contributed by atoms with Crippen LogP contribution < -0.4 is 14.8 Å². The third-order valence-corrected chi connectivity index (χ3v) is 3.12. The van der Waals surface area contributed by atoms with Crippen LogP contribution in [0.4, 0.5) is 11.4 Å². The van der Waals surface area contributed by atoms with Gasteiger partial charge in [0, 0.05) is 11.8 Å². The lowest BCUT2D eigenvalue weighted by Gasteiger charge is -2.19. The molecular weight excluding hydrogens is 252 g/mol. The molecule has 0 unspecified atom stereocenters. The van der Waals surface area contributed by atoms with Crippen LogP contribution in [0.3, 0.4) is 0 Å². The Morgan fingerprint density at radius 2 is 1.85 bits per heavy atom. The summed E-state index contributed by atoms with van der Waals surface area (Å²) in [6, 6.07) is 13.6. The molecule has 0 fully saturated rings. The number of ether oxygens (including phenoxy) is 2. The molecule has 4 heteroatoms. The molecule has 100 valence electrons. The molecule has 0 aromatic heterocycles. The molecule has 0 spiro atoms. The topological polar surface area (TPSA) is 54.3 Å². The summed E-state index contributed by atoms with van der Waals surface area (Å²) in [6.07, 6.45) is 0. The molecule has 0 saturated heterocycles. The molecule has 0 aliphatic carbocycles. The first-order valence-electron chi connectivity index (χ1n) is 6.44. The summed E-state index contributed by atoms with van der Waals surface area (Å²) < 4.78 is 11.0. The summed E-state index contributed by atoms with van der Waals surface area (Å²) >= 11 is 0. The van der Waals surface area contributed by atoms with Gasteiger partial charge in [0.15, 0.2) is 11.5 Å². The predicted octanol–water partition coefficient (Wildman–Crippen LogP) is 3.38. The number of aryl methyl sites for hydroxylation is 1. The number of hydrogen-bond donors (Lipinski definition) is 1. The lowest BCUT2D eigenvalue weighted by Crippen LogP contribution is -2.15. The number of nitriles is 1. The van der Waals surface area contributed by atoms with Gasteiger partial charge in [0.1, 0.15) is 19.3 Å². The van der Waals surface area contributed by atoms with Crippen LogP contribution >= 0.6 is 0 Å². The molecule has 2 aromatic carbocycles. The minimum Gasteiger partial charge on any atom is -0.486 e. The van der Waals surface area contributed by atoms with Crippen LogP contribution in [0.15, 0.2) is 36.4 Å². The van der Waals surface area contributed by atoms with Crippen LogP contribution in [0, 0.1) is 18.3 Å². The lowest BCUT2D eigenvalue weighted by atomic mass is 10.1. The predicted molar refractivity (Wildman–Crippen MR) is 76.6 cm³/mol. The highest BCUT2D eigenvalue weighted by molar-refractivity contribution is 5.69. The fourth-order valence-electron chi connectivity index (χ4n) is 2.14. The van der Waals surface area contributed by atoms with E-state index < -0.39 is 0 Å². The second-order valence-electron chi connectivity index (χ2n) is 4.64. The van der Waals surface area contributed by atoms with E-state index in [1.165, 1.54) is 0 Å². The SMILES string of the molecule is Cc1ccc(C#N)c(Nc2ccc3c(c2)OCCO3)c1. The van der Waals surface area contributed by atoms with E-state index in [9.17, 15) is 0 Å². The molecule has 1 aliphatic rings. The summed E-state index contributed by atoms with van der Waals surface area (Å²) in [5.74, 6) is 1.49. The average Bonchev–Trinajstić information content (AvgIpc) is 2.47. The Hall–Kier alpha value is -2.67. The van der Waals surface area contributed by atoms with Crippen molar-refractivity contribution in [1.29, 1.82) is 5.26 Å². The molecule has 0 radical (unpaired) electrons. The van der Waals surface area contributed by atoms with E-state index in [1.807, 2.05) is 43.3 Å². The molecule has 0 atom stereocenters. The van der Waals surface area contributed by atoms with Gasteiger partial charge in [-0.2, -0.15) is 5.26 Å². The number of nitrogens with zero attached hydrogens (tertiary/aromatic N) is 1. The highest BCUT2D eigenvalue weighted by atomic mass is 16.6. The van der Waals surface area contributed by atoms with E-state index in [4.69, 9.17) is 14.7 Å². The number of rotatable bonds is 2. The van der Waals surface area contributed by atoms with Crippen LogP contribution in [-0.2, 0) is 0 Å². The number of benzene rings is 2. The van der Waals surface area contributed by atoms with Crippen molar-refractivity contribution in [1.82, 2.24) is 0 Å². The van der Waals surface area contributed by atoms with Crippen molar-refractivity contribution in [3.8, 4) is 17.6 Å². The smallest absolute Gasteiger partial charge is 0.163 e. The van der Waals surface area contributed by atoms with E-state index in [2.05, 4.69) is 11.4 Å². The minimum atomic E-state index is 0.560. The minimum absolute atomic E-state index is 0.560. The summed E-state index contributed by atoms with van der Waals surface area (Å²) in [5.41, 5.74) is 3.38. The van der Waals surface area contributed by atoms with Crippen LogP contribution in [0.1, 0.15) is 11.1 Å². The van der Waals surface area contributed by atoms with E-state index in [0.29, 0.717) is 18.8 Å². The first-order chi connectivity index (χ1) is 9.76. The van der Waals surface area contributed by atoms with E-state index >= 15 is 0 Å². The molecule has 0 amide bonds. The van der Waals surface area contributed by atoms with Crippen molar-refractivity contribution in [3.05, 3.63) is 47.5 Å². The monoisotopic (exact) mass is 266 g/mol. The normalized spacial score (nSPS) is 12.6. The van der Waals surface area contributed by atoms with Crippen molar-refractivity contribution in [2.45, 2.75) is 6.92 Å². The Morgan fingerprint density at radius 1 is 1.05 bits per heavy atom. The molecule has 1 heterocycles. The maximum absolute atomic E-state index is 9.14. The second kappa shape index (κ2) is 5.14. The zero-order valence-electron chi connectivity index (χ0n) is 11.1. The fraction of sp³-hybridized carbons (Fsp3) is 0.188. The van der Waals surface area contributed by atoms with Gasteiger partial charge in [-0.15, -0.1) is 0 Å². The first-order valence-corrected chi connectivity index (χ1v) is 6.44. The van der Waals surface area contributed by atoms with Crippen LogP contribution in [0.25, 0.3) is 0 Å². The van der Waals surface area contributed by atoms with Gasteiger partial charge in [0.2, 0.25) is 0 Å². The quantitative estimate of drug-likeness (QED) is 0.905. The molecular formula is C16H14N2O2. The van der Waals surface area contributed by atoms with Crippen molar-refractivity contribution in [2.24, 2.45) is 0 Å². The molecule has 2 aromatic rings. The second-order valence-corrected chi connectivity index (χ2v) is 4.64. The third kappa shape index (κ3) is 2.39. The zero-order valence-corrected chi connectivity index (χ0v) is 11.1. The van der Waals surface area contributed by atoms with E-state index in [0.717, 1.165) is 28.4 Å². The van der Waals surface area contributed by atoms with Gasteiger partial charge in [0.05, 0.1) is 11.3 Å². The van der Waals surface area contributed by atoms with Crippen LogP contribution in [0.2, 0.25) is 0 Å². The third-order valence-electron chi connectivity index (χ3n) is 3.12. The molecule has 1 aliphatic heterocycles. The largest absolute Gasteiger partial charge is 0.486 e. The highest BCUT2D eigenvalue weighted by Crippen LogP contribution is 2.34. The number of anilines is 2. The summed E-state index contributed by atoms with van der Waals surface area (Å²) in [6.45, 7) is 3.14. The summed E-state index contributed by atoms with van der Waals surface area (Å²) in [5, 5.41) is 12.4. The Kier molecular flexibility index (Phi) is 3.18. The first kappa shape index (κ1) is 12.4. The average molecular weight is 266 g/mol. The fourth-order valence-corrected chi connectivity index (χ4v) is 2.14.